The largest absolute Gasteiger partial charge is 0.461 e. The highest BCUT2D eigenvalue weighted by molar-refractivity contribution is 5.88. The minimum atomic E-state index is -0.374. The Bertz CT molecular complexity index is 728. The van der Waals surface area contributed by atoms with Crippen LogP contribution in [0.3, 0.4) is 0 Å². The van der Waals surface area contributed by atoms with Crippen LogP contribution in [0.25, 0.3) is 5.65 Å². The summed E-state index contributed by atoms with van der Waals surface area (Å²) < 4.78 is 6.96. The third kappa shape index (κ3) is 3.86. The maximum Gasteiger partial charge on any atom is 0.358 e. The molecule has 0 aromatic carbocycles. The van der Waals surface area contributed by atoms with Crippen LogP contribution in [-0.4, -0.2) is 27.2 Å². The van der Waals surface area contributed by atoms with Crippen molar-refractivity contribution in [3.63, 3.8) is 0 Å². The summed E-state index contributed by atoms with van der Waals surface area (Å²) in [5, 5.41) is 4.50. The first-order chi connectivity index (χ1) is 12.2. The zero-order chi connectivity index (χ0) is 17.8. The number of esters is 1. The van der Waals surface area contributed by atoms with Gasteiger partial charge in [0.05, 0.1) is 6.61 Å². The van der Waals surface area contributed by atoms with Crippen LogP contribution in [0.15, 0.2) is 12.1 Å². The molecule has 25 heavy (non-hydrogen) atoms. The fourth-order valence-corrected chi connectivity index (χ4v) is 3.97. The molecule has 2 heterocycles. The molecule has 0 saturated heterocycles. The normalized spacial score (nSPS) is 15.4. The molecule has 136 valence electrons. The second-order valence-corrected chi connectivity index (χ2v) is 7.06. The van der Waals surface area contributed by atoms with Gasteiger partial charge in [-0.15, -0.1) is 0 Å². The van der Waals surface area contributed by atoms with Crippen molar-refractivity contribution in [1.29, 1.82) is 0 Å². The van der Waals surface area contributed by atoms with Gasteiger partial charge in [0.1, 0.15) is 0 Å². The molecule has 0 N–H and O–H groups in total. The predicted octanol–water partition coefficient (Wildman–Crippen LogP) is 4.54. The molecular formula is C20H29N3O2. The molecular weight excluding hydrogens is 314 g/mol. The van der Waals surface area contributed by atoms with E-state index in [1.807, 2.05) is 4.52 Å². The van der Waals surface area contributed by atoms with Crippen LogP contribution in [-0.2, 0) is 11.2 Å². The van der Waals surface area contributed by atoms with E-state index in [4.69, 9.17) is 9.72 Å². The van der Waals surface area contributed by atoms with E-state index in [1.165, 1.54) is 31.4 Å². The number of aromatic nitrogens is 3. The van der Waals surface area contributed by atoms with Crippen LogP contribution in [0, 0.1) is 5.92 Å². The summed E-state index contributed by atoms with van der Waals surface area (Å²) in [4.78, 5) is 16.9. The molecule has 2 aromatic rings. The standard InChI is InChI=1S/C20H29N3O2/c1-4-15(5-2)18-12-16(11-14-9-7-8-10-14)21-19-13-17(22-23(18)19)20(24)25-6-3/h12-15H,4-11H2,1-3H3. The number of fused-ring (bicyclic) bond motifs is 1. The second-order valence-electron chi connectivity index (χ2n) is 7.06. The quantitative estimate of drug-likeness (QED) is 0.692. The van der Waals surface area contributed by atoms with Gasteiger partial charge in [0.15, 0.2) is 11.3 Å². The molecule has 0 atom stereocenters. The zero-order valence-corrected chi connectivity index (χ0v) is 15.6. The molecule has 1 fully saturated rings. The molecule has 0 bridgehead atoms. The van der Waals surface area contributed by atoms with E-state index in [0.717, 1.165) is 36.5 Å². The maximum atomic E-state index is 12.1. The van der Waals surface area contributed by atoms with Gasteiger partial charge in [-0.2, -0.15) is 5.10 Å². The Morgan fingerprint density at radius 2 is 1.96 bits per heavy atom. The molecule has 2 aromatic heterocycles. The Morgan fingerprint density at radius 1 is 1.24 bits per heavy atom. The zero-order valence-electron chi connectivity index (χ0n) is 15.6. The molecule has 1 aliphatic carbocycles. The lowest BCUT2D eigenvalue weighted by Crippen LogP contribution is -2.11. The number of hydrogen-bond acceptors (Lipinski definition) is 4. The van der Waals surface area contributed by atoms with Crippen molar-refractivity contribution in [2.45, 2.75) is 71.6 Å². The summed E-state index contributed by atoms with van der Waals surface area (Å²) in [6.07, 6.45) is 8.42. The Hall–Kier alpha value is -1.91. The number of rotatable bonds is 7. The van der Waals surface area contributed by atoms with Crippen LogP contribution in [0.1, 0.15) is 87.1 Å². The first kappa shape index (κ1) is 17.9. The van der Waals surface area contributed by atoms with Crippen molar-refractivity contribution in [2.24, 2.45) is 5.92 Å². The monoisotopic (exact) mass is 343 g/mol. The minimum absolute atomic E-state index is 0.347. The lowest BCUT2D eigenvalue weighted by atomic mass is 9.96. The molecule has 1 aliphatic rings. The van der Waals surface area contributed by atoms with Crippen LogP contribution in [0.2, 0.25) is 0 Å². The highest BCUT2D eigenvalue weighted by atomic mass is 16.5. The number of carbonyl (C=O) groups is 1. The Labute approximate surface area is 149 Å². The summed E-state index contributed by atoms with van der Waals surface area (Å²) in [7, 11) is 0. The van der Waals surface area contributed by atoms with Gasteiger partial charge in [0, 0.05) is 23.4 Å². The number of ether oxygens (including phenoxy) is 1. The van der Waals surface area contributed by atoms with Crippen molar-refractivity contribution >= 4 is 11.6 Å². The predicted molar refractivity (Wildman–Crippen MR) is 97.9 cm³/mol. The molecule has 0 amide bonds. The molecule has 5 heteroatoms. The molecule has 0 unspecified atom stereocenters. The molecule has 0 spiro atoms. The average Bonchev–Trinajstić information content (AvgIpc) is 3.25. The third-order valence-corrected chi connectivity index (χ3v) is 5.37. The summed E-state index contributed by atoms with van der Waals surface area (Å²) in [5.74, 6) is 0.792. The van der Waals surface area contributed by atoms with Crippen LogP contribution >= 0.6 is 0 Å². The van der Waals surface area contributed by atoms with E-state index < -0.39 is 0 Å². The van der Waals surface area contributed by atoms with Crippen molar-refractivity contribution in [3.05, 3.63) is 29.2 Å². The summed E-state index contributed by atoms with van der Waals surface area (Å²) in [6.45, 7) is 6.56. The lowest BCUT2D eigenvalue weighted by Gasteiger charge is -2.16. The van der Waals surface area contributed by atoms with Gasteiger partial charge in [-0.1, -0.05) is 39.5 Å². The first-order valence-electron chi connectivity index (χ1n) is 9.72. The average molecular weight is 343 g/mol. The van der Waals surface area contributed by atoms with Gasteiger partial charge < -0.3 is 4.74 Å². The van der Waals surface area contributed by atoms with Crippen molar-refractivity contribution in [2.75, 3.05) is 6.61 Å². The van der Waals surface area contributed by atoms with E-state index in [1.54, 1.807) is 13.0 Å². The van der Waals surface area contributed by atoms with E-state index in [0.29, 0.717) is 18.2 Å². The molecule has 1 saturated carbocycles. The van der Waals surface area contributed by atoms with E-state index in [2.05, 4.69) is 25.0 Å². The topological polar surface area (TPSA) is 56.5 Å². The smallest absolute Gasteiger partial charge is 0.358 e. The van der Waals surface area contributed by atoms with Crippen LogP contribution in [0.4, 0.5) is 0 Å². The van der Waals surface area contributed by atoms with Gasteiger partial charge in [0.2, 0.25) is 0 Å². The molecule has 0 aliphatic heterocycles. The molecule has 5 nitrogen and oxygen atoms in total. The third-order valence-electron chi connectivity index (χ3n) is 5.37. The van der Waals surface area contributed by atoms with Crippen molar-refractivity contribution in [3.8, 4) is 0 Å². The fourth-order valence-electron chi connectivity index (χ4n) is 3.97. The van der Waals surface area contributed by atoms with Gasteiger partial charge in [-0.3, -0.25) is 0 Å². The van der Waals surface area contributed by atoms with Gasteiger partial charge >= 0.3 is 5.97 Å². The molecule has 3 rings (SSSR count). The first-order valence-corrected chi connectivity index (χ1v) is 9.72. The fraction of sp³-hybridized carbons (Fsp3) is 0.650. The number of nitrogens with zero attached hydrogens (tertiary/aromatic N) is 3. The summed E-state index contributed by atoms with van der Waals surface area (Å²) >= 11 is 0. The van der Waals surface area contributed by atoms with Gasteiger partial charge in [0.25, 0.3) is 0 Å². The Kier molecular flexibility index (Phi) is 5.71. The second kappa shape index (κ2) is 7.98. The number of hydrogen-bond donors (Lipinski definition) is 0. The van der Waals surface area contributed by atoms with Crippen LogP contribution in [0.5, 0.6) is 0 Å². The SMILES string of the molecule is CCOC(=O)c1cc2nc(CC3CCCC3)cc(C(CC)CC)n2n1. The van der Waals surface area contributed by atoms with Gasteiger partial charge in [-0.25, -0.2) is 14.3 Å². The highest BCUT2D eigenvalue weighted by Gasteiger charge is 2.21. The van der Waals surface area contributed by atoms with Crippen molar-refractivity contribution in [1.82, 2.24) is 14.6 Å². The maximum absolute atomic E-state index is 12.1. The summed E-state index contributed by atoms with van der Waals surface area (Å²) in [6, 6.07) is 3.98. The lowest BCUT2D eigenvalue weighted by molar-refractivity contribution is 0.0519. The van der Waals surface area contributed by atoms with Gasteiger partial charge in [-0.05, 0) is 38.2 Å². The van der Waals surface area contributed by atoms with Crippen molar-refractivity contribution < 1.29 is 9.53 Å². The van der Waals surface area contributed by atoms with E-state index in [9.17, 15) is 4.79 Å². The van der Waals surface area contributed by atoms with E-state index in [-0.39, 0.29) is 5.97 Å². The minimum Gasteiger partial charge on any atom is -0.461 e. The molecule has 0 radical (unpaired) electrons. The van der Waals surface area contributed by atoms with E-state index >= 15 is 0 Å². The Morgan fingerprint density at radius 3 is 2.60 bits per heavy atom. The summed E-state index contributed by atoms with van der Waals surface area (Å²) in [5.41, 5.74) is 3.41. The highest BCUT2D eigenvalue weighted by Crippen LogP contribution is 2.30. The number of carbonyl (C=O) groups excluding carboxylic acids is 1. The Balaban J connectivity index is 2.01. The van der Waals surface area contributed by atoms with Crippen LogP contribution < -0.4 is 0 Å².